The van der Waals surface area contributed by atoms with Crippen LogP contribution in [-0.2, 0) is 25.7 Å². The molecule has 140 valence electrons. The standard InChI is InChI=1S/C18H20F3N3O2/c1-10-7-15(26-3)11(2)6-12(10)8-24-5-4-13-14(9-24)22-17(18(19,20)21)23-16(13)25/h6-7H,4-5,8-9H2,1-3H3,(H,22,23,25). The first-order valence-corrected chi connectivity index (χ1v) is 8.24. The summed E-state index contributed by atoms with van der Waals surface area (Å²) in [5.41, 5.74) is 2.98. The Bertz CT molecular complexity index is 890. The number of fused-ring (bicyclic) bond motifs is 1. The number of aryl methyl sites for hydroxylation is 2. The second kappa shape index (κ2) is 6.75. The first kappa shape index (κ1) is 18.4. The van der Waals surface area contributed by atoms with E-state index >= 15 is 0 Å². The number of methoxy groups -OCH3 is 1. The van der Waals surface area contributed by atoms with Gasteiger partial charge in [-0.15, -0.1) is 0 Å². The molecule has 26 heavy (non-hydrogen) atoms. The van der Waals surface area contributed by atoms with Gasteiger partial charge in [0.15, 0.2) is 0 Å². The summed E-state index contributed by atoms with van der Waals surface area (Å²) in [5.74, 6) is -0.433. The Hall–Kier alpha value is -2.35. The zero-order valence-electron chi connectivity index (χ0n) is 14.8. The lowest BCUT2D eigenvalue weighted by molar-refractivity contribution is -0.145. The number of aromatic nitrogens is 2. The minimum Gasteiger partial charge on any atom is -0.496 e. The molecule has 1 aromatic carbocycles. The Kier molecular flexibility index (Phi) is 4.79. The smallest absolute Gasteiger partial charge is 0.449 e. The third kappa shape index (κ3) is 3.60. The molecular weight excluding hydrogens is 347 g/mol. The van der Waals surface area contributed by atoms with Crippen molar-refractivity contribution in [3.63, 3.8) is 0 Å². The topological polar surface area (TPSA) is 58.2 Å². The highest BCUT2D eigenvalue weighted by Gasteiger charge is 2.36. The van der Waals surface area contributed by atoms with Crippen molar-refractivity contribution in [3.8, 4) is 5.75 Å². The molecule has 1 aliphatic rings. The van der Waals surface area contributed by atoms with Gasteiger partial charge in [-0.1, -0.05) is 6.07 Å². The van der Waals surface area contributed by atoms with Gasteiger partial charge in [-0.25, -0.2) is 4.98 Å². The van der Waals surface area contributed by atoms with Gasteiger partial charge in [0, 0.05) is 25.2 Å². The van der Waals surface area contributed by atoms with Gasteiger partial charge in [-0.3, -0.25) is 9.69 Å². The van der Waals surface area contributed by atoms with E-state index in [4.69, 9.17) is 4.74 Å². The molecule has 0 saturated carbocycles. The van der Waals surface area contributed by atoms with Crippen molar-refractivity contribution in [3.05, 3.63) is 56.3 Å². The van der Waals surface area contributed by atoms with E-state index in [2.05, 4.69) is 4.98 Å². The molecule has 0 aliphatic carbocycles. The number of halogens is 3. The molecule has 8 heteroatoms. The van der Waals surface area contributed by atoms with Gasteiger partial charge in [0.1, 0.15) is 5.75 Å². The fourth-order valence-corrected chi connectivity index (χ4v) is 3.24. The number of nitrogens with zero attached hydrogens (tertiary/aromatic N) is 2. The third-order valence-corrected chi connectivity index (χ3v) is 4.67. The molecule has 0 amide bonds. The van der Waals surface area contributed by atoms with Crippen molar-refractivity contribution in [1.82, 2.24) is 14.9 Å². The number of hydrogen-bond acceptors (Lipinski definition) is 4. The van der Waals surface area contributed by atoms with Gasteiger partial charge in [0.05, 0.1) is 12.8 Å². The summed E-state index contributed by atoms with van der Waals surface area (Å²) in [6, 6.07) is 3.98. The molecule has 0 spiro atoms. The Balaban J connectivity index is 1.86. The van der Waals surface area contributed by atoms with E-state index in [-0.39, 0.29) is 12.2 Å². The van der Waals surface area contributed by atoms with E-state index in [0.29, 0.717) is 25.1 Å². The fraction of sp³-hybridized carbons (Fsp3) is 0.444. The van der Waals surface area contributed by atoms with Crippen molar-refractivity contribution in [2.75, 3.05) is 13.7 Å². The Labute approximate surface area is 148 Å². The van der Waals surface area contributed by atoms with Gasteiger partial charge in [-0.2, -0.15) is 13.2 Å². The Morgan fingerprint density at radius 2 is 2.00 bits per heavy atom. The molecule has 3 rings (SSSR count). The molecule has 0 bridgehead atoms. The second-order valence-electron chi connectivity index (χ2n) is 6.55. The predicted molar refractivity (Wildman–Crippen MR) is 90.1 cm³/mol. The van der Waals surface area contributed by atoms with Crippen molar-refractivity contribution in [2.45, 2.75) is 39.5 Å². The third-order valence-electron chi connectivity index (χ3n) is 4.67. The molecule has 1 aromatic heterocycles. The van der Waals surface area contributed by atoms with Gasteiger partial charge in [0.25, 0.3) is 5.56 Å². The van der Waals surface area contributed by atoms with E-state index in [1.807, 2.05) is 35.9 Å². The lowest BCUT2D eigenvalue weighted by Crippen LogP contribution is -2.36. The molecule has 0 atom stereocenters. The summed E-state index contributed by atoms with van der Waals surface area (Å²) in [6.07, 6.45) is -4.29. The highest BCUT2D eigenvalue weighted by molar-refractivity contribution is 5.41. The van der Waals surface area contributed by atoms with E-state index in [1.54, 1.807) is 7.11 Å². The molecule has 2 aromatic rings. The number of rotatable bonds is 3. The van der Waals surface area contributed by atoms with Crippen molar-refractivity contribution < 1.29 is 17.9 Å². The lowest BCUT2D eigenvalue weighted by Gasteiger charge is -2.28. The monoisotopic (exact) mass is 367 g/mol. The summed E-state index contributed by atoms with van der Waals surface area (Å²) < 4.78 is 44.0. The predicted octanol–water partition coefficient (Wildman–Crippen LogP) is 2.97. The summed E-state index contributed by atoms with van der Waals surface area (Å²) >= 11 is 0. The van der Waals surface area contributed by atoms with Crippen LogP contribution < -0.4 is 10.3 Å². The number of alkyl halides is 3. The normalized spacial score (nSPS) is 15.0. The molecule has 0 radical (unpaired) electrons. The van der Waals surface area contributed by atoms with Crippen LogP contribution in [0.1, 0.15) is 33.8 Å². The number of aromatic amines is 1. The lowest BCUT2D eigenvalue weighted by atomic mass is 10.0. The molecule has 0 unspecified atom stereocenters. The quantitative estimate of drug-likeness (QED) is 0.906. The van der Waals surface area contributed by atoms with Crippen molar-refractivity contribution >= 4 is 0 Å². The maximum Gasteiger partial charge on any atom is 0.449 e. The first-order chi connectivity index (χ1) is 12.2. The maximum absolute atomic E-state index is 12.9. The zero-order valence-corrected chi connectivity index (χ0v) is 14.8. The van der Waals surface area contributed by atoms with Gasteiger partial charge < -0.3 is 9.72 Å². The molecule has 0 fully saturated rings. The number of hydrogen-bond donors (Lipinski definition) is 1. The van der Waals surface area contributed by atoms with Crippen LogP contribution in [-0.4, -0.2) is 28.5 Å². The molecular formula is C18H20F3N3O2. The van der Waals surface area contributed by atoms with Crippen LogP contribution in [0.5, 0.6) is 5.75 Å². The minimum absolute atomic E-state index is 0.204. The van der Waals surface area contributed by atoms with Gasteiger partial charge in [0.2, 0.25) is 5.82 Å². The number of H-pyrrole nitrogens is 1. The summed E-state index contributed by atoms with van der Waals surface area (Å²) in [5, 5.41) is 0. The highest BCUT2D eigenvalue weighted by Crippen LogP contribution is 2.28. The van der Waals surface area contributed by atoms with Crippen LogP contribution in [0.2, 0.25) is 0 Å². The summed E-state index contributed by atoms with van der Waals surface area (Å²) in [7, 11) is 1.62. The first-order valence-electron chi connectivity index (χ1n) is 8.24. The zero-order chi connectivity index (χ0) is 19.1. The summed E-state index contributed by atoms with van der Waals surface area (Å²) in [4.78, 5) is 19.4. The Morgan fingerprint density at radius 1 is 1.27 bits per heavy atom. The maximum atomic E-state index is 12.9. The highest BCUT2D eigenvalue weighted by atomic mass is 19.4. The number of nitrogens with one attached hydrogen (secondary N) is 1. The van der Waals surface area contributed by atoms with E-state index in [0.717, 1.165) is 22.4 Å². The van der Waals surface area contributed by atoms with Crippen LogP contribution in [0.3, 0.4) is 0 Å². The van der Waals surface area contributed by atoms with Crippen molar-refractivity contribution in [2.24, 2.45) is 0 Å². The van der Waals surface area contributed by atoms with Crippen LogP contribution in [0.15, 0.2) is 16.9 Å². The van der Waals surface area contributed by atoms with Crippen LogP contribution in [0, 0.1) is 13.8 Å². The SMILES string of the molecule is COc1cc(C)c(CN2CCc3c(nc(C(F)(F)F)[nH]c3=O)C2)cc1C. The minimum atomic E-state index is -4.67. The molecule has 2 heterocycles. The average molecular weight is 367 g/mol. The van der Waals surface area contributed by atoms with Crippen molar-refractivity contribution in [1.29, 1.82) is 0 Å². The largest absolute Gasteiger partial charge is 0.496 e. The number of benzene rings is 1. The Morgan fingerprint density at radius 3 is 2.65 bits per heavy atom. The number of ether oxygens (including phenoxy) is 1. The van der Waals surface area contributed by atoms with Gasteiger partial charge in [-0.05, 0) is 43.0 Å². The van der Waals surface area contributed by atoms with Gasteiger partial charge >= 0.3 is 6.18 Å². The van der Waals surface area contributed by atoms with Crippen LogP contribution in [0.4, 0.5) is 13.2 Å². The molecule has 1 aliphatic heterocycles. The van der Waals surface area contributed by atoms with E-state index < -0.39 is 17.6 Å². The molecule has 0 saturated heterocycles. The van der Waals surface area contributed by atoms with Crippen LogP contribution in [0.25, 0.3) is 0 Å². The molecule has 5 nitrogen and oxygen atoms in total. The fourth-order valence-electron chi connectivity index (χ4n) is 3.24. The average Bonchev–Trinajstić information content (AvgIpc) is 2.56. The van der Waals surface area contributed by atoms with E-state index in [9.17, 15) is 18.0 Å². The van der Waals surface area contributed by atoms with Crippen LogP contribution >= 0.6 is 0 Å². The summed E-state index contributed by atoms with van der Waals surface area (Å²) in [6.45, 7) is 5.30. The second-order valence-corrected chi connectivity index (χ2v) is 6.55. The van der Waals surface area contributed by atoms with E-state index in [1.165, 1.54) is 0 Å². The molecule has 1 N–H and O–H groups in total.